The number of aromatic hydroxyl groups is 1. The summed E-state index contributed by atoms with van der Waals surface area (Å²) in [5.74, 6) is -3.74. The molecule has 8 rings (SSSR count). The van der Waals surface area contributed by atoms with E-state index in [1.54, 1.807) is 37.6 Å². The Bertz CT molecular complexity index is 3140. The normalized spacial score (nSPS) is 23.8. The van der Waals surface area contributed by atoms with Crippen LogP contribution in [0.3, 0.4) is 0 Å². The van der Waals surface area contributed by atoms with Crippen LogP contribution >= 0.6 is 0 Å². The number of aldehydes is 1. The molecule has 1 saturated carbocycles. The Labute approximate surface area is 447 Å². The molecule has 1 aliphatic carbocycles. The zero-order chi connectivity index (χ0) is 55.9. The highest BCUT2D eigenvalue weighted by molar-refractivity contribution is 5.98. The summed E-state index contributed by atoms with van der Waals surface area (Å²) in [4.78, 5) is 66.7. The fourth-order valence-electron chi connectivity index (χ4n) is 10.6. The fourth-order valence-corrected chi connectivity index (χ4v) is 10.6. The first-order valence-corrected chi connectivity index (χ1v) is 25.7. The van der Waals surface area contributed by atoms with Crippen LogP contribution in [-0.4, -0.2) is 157 Å². The Morgan fingerprint density at radius 2 is 1.77 bits per heavy atom. The van der Waals surface area contributed by atoms with Gasteiger partial charge in [-0.1, -0.05) is 42.2 Å². The maximum Gasteiger partial charge on any atom is 0.336 e. The number of aliphatic hydroxyl groups is 5. The van der Waals surface area contributed by atoms with E-state index in [-0.39, 0.29) is 65.3 Å². The molecule has 78 heavy (non-hydrogen) atoms. The summed E-state index contributed by atoms with van der Waals surface area (Å²) in [7, 11) is 1.79. The second-order valence-corrected chi connectivity index (χ2v) is 19.9. The Balaban J connectivity index is 1.31. The van der Waals surface area contributed by atoms with Gasteiger partial charge in [-0.2, -0.15) is 4.73 Å². The van der Waals surface area contributed by atoms with Crippen molar-refractivity contribution in [1.82, 2.24) is 25.7 Å². The number of hydrogen-bond acceptors (Lipinski definition) is 18. The zero-order valence-corrected chi connectivity index (χ0v) is 43.3. The van der Waals surface area contributed by atoms with Crippen molar-refractivity contribution >= 4 is 46.1 Å². The predicted molar refractivity (Wildman–Crippen MR) is 284 cm³/mol. The number of hydrogen-bond donors (Lipinski definition) is 12. The average Bonchev–Trinajstić information content (AvgIpc) is 4.04. The standard InChI is InChI=1S/C55H67N7O16/c1-30-22-31(2)24-35(23-30)45-43-34(17-19-59-43)27-62(45)78-48-52(75-37-15-16-38-41(25-37)74-28-39(46(38)68)32-11-13-36(66)14-12-32)76-47(54(72,29-65)55(48,73)42(67)10-6-20-63)49(77-51(71)44(50(69)70)58-18-7-21-64)61-53(56)60-40-9-5-4-8-33(40)26-57-3/h11-17,19,21-25,27-28,33,40,42,44,47-49,52,57-59,63,65-67,72-73H,4-10,18,20,26,29H2,1-3H3,(H,69,70)(H3,56,60,61)/t33-,40-,42-,44-,47+,48-,49-,52+,54+,55+/m1/s1. The number of phenols is 1. The smallest absolute Gasteiger partial charge is 0.336 e. The van der Waals surface area contributed by atoms with Crippen molar-refractivity contribution in [1.29, 1.82) is 0 Å². The Hall–Kier alpha value is -7.35. The number of aromatic nitrogens is 2. The van der Waals surface area contributed by atoms with E-state index in [1.165, 1.54) is 41.3 Å². The number of aryl methyl sites for hydroxylation is 2. The minimum atomic E-state index is -3.23. The molecule has 23 nitrogen and oxygen atoms in total. The molecule has 2 fully saturated rings. The molecule has 10 atom stereocenters. The summed E-state index contributed by atoms with van der Waals surface area (Å²) in [5.41, 5.74) is 3.76. The Morgan fingerprint density at radius 1 is 1.03 bits per heavy atom. The maximum atomic E-state index is 14.2. The lowest BCUT2D eigenvalue weighted by atomic mass is 9.68. The van der Waals surface area contributed by atoms with E-state index in [4.69, 9.17) is 34.2 Å². The number of guanidine groups is 1. The van der Waals surface area contributed by atoms with Crippen LogP contribution in [0.4, 0.5) is 0 Å². The van der Waals surface area contributed by atoms with Crippen LogP contribution < -0.4 is 36.7 Å². The van der Waals surface area contributed by atoms with Crippen LogP contribution in [0.5, 0.6) is 11.5 Å². The average molecular weight is 1080 g/mol. The first kappa shape index (κ1) is 56.8. The van der Waals surface area contributed by atoms with E-state index >= 15 is 0 Å². The number of nitrogens with one attached hydrogen (secondary N) is 4. The van der Waals surface area contributed by atoms with Gasteiger partial charge in [0.15, 0.2) is 28.7 Å². The highest BCUT2D eigenvalue weighted by Gasteiger charge is 2.72. The highest BCUT2D eigenvalue weighted by Crippen LogP contribution is 2.45. The number of aromatic amines is 1. The first-order valence-electron chi connectivity index (χ1n) is 25.7. The highest BCUT2D eigenvalue weighted by atomic mass is 16.8. The molecule has 4 heterocycles. The Morgan fingerprint density at radius 3 is 2.46 bits per heavy atom. The number of benzene rings is 3. The number of carboxylic acid groups (broad SMARTS) is 1. The number of carbonyl (C=O) groups is 3. The van der Waals surface area contributed by atoms with E-state index < -0.39 is 85.1 Å². The molecule has 0 spiro atoms. The van der Waals surface area contributed by atoms with Crippen LogP contribution in [0, 0.1) is 19.8 Å². The van der Waals surface area contributed by atoms with E-state index in [0.717, 1.165) is 30.4 Å². The van der Waals surface area contributed by atoms with Crippen molar-refractivity contribution in [2.75, 3.05) is 33.4 Å². The predicted octanol–water partition coefficient (Wildman–Crippen LogP) is 2.10. The van der Waals surface area contributed by atoms with Gasteiger partial charge in [-0.05, 0) is 107 Å². The number of aliphatic hydroxyl groups excluding tert-OH is 3. The summed E-state index contributed by atoms with van der Waals surface area (Å²) < 4.78 is 26.4. The molecule has 1 saturated heterocycles. The number of nitrogens with zero attached hydrogens (tertiary/aromatic N) is 2. The van der Waals surface area contributed by atoms with Crippen molar-refractivity contribution < 1.29 is 73.6 Å². The second kappa shape index (κ2) is 24.5. The van der Waals surface area contributed by atoms with Crippen LogP contribution in [0.2, 0.25) is 0 Å². The molecule has 0 amide bonds. The van der Waals surface area contributed by atoms with Crippen molar-refractivity contribution in [3.05, 3.63) is 107 Å². The molecule has 0 unspecified atom stereocenters. The topological polar surface area (TPSA) is 355 Å². The minimum Gasteiger partial charge on any atom is -0.508 e. The number of phenolic OH excluding ortho intramolecular Hbond substituents is 1. The first-order chi connectivity index (χ1) is 37.4. The van der Waals surface area contributed by atoms with Gasteiger partial charge in [0.1, 0.15) is 35.3 Å². The number of carbonyl (C=O) groups excluding carboxylic acids is 2. The van der Waals surface area contributed by atoms with Gasteiger partial charge < -0.3 is 85.4 Å². The molecular weight excluding hydrogens is 1010 g/mol. The van der Waals surface area contributed by atoms with Gasteiger partial charge >= 0.3 is 11.9 Å². The molecular formula is C55H67N7O16. The quantitative estimate of drug-likeness (QED) is 0.00831. The summed E-state index contributed by atoms with van der Waals surface area (Å²) in [6.07, 6.45) is -3.58. The Kier molecular flexibility index (Phi) is 17.9. The lowest BCUT2D eigenvalue weighted by Crippen LogP contribution is -2.83. The fraction of sp³-hybridized carbons (Fsp3) is 0.436. The van der Waals surface area contributed by atoms with E-state index in [2.05, 4.69) is 20.9 Å². The maximum absolute atomic E-state index is 14.2. The summed E-state index contributed by atoms with van der Waals surface area (Å²) in [6, 6.07) is 15.0. The van der Waals surface area contributed by atoms with Crippen molar-refractivity contribution in [2.45, 2.75) is 113 Å². The monoisotopic (exact) mass is 1080 g/mol. The van der Waals surface area contributed by atoms with Crippen LogP contribution in [0.25, 0.3) is 44.3 Å². The minimum absolute atomic E-state index is 0.00491. The molecule has 0 radical (unpaired) electrons. The summed E-state index contributed by atoms with van der Waals surface area (Å²) in [5, 5.41) is 90.4. The lowest BCUT2D eigenvalue weighted by molar-refractivity contribution is -0.387. The number of H-pyrrole nitrogens is 1. The number of rotatable bonds is 23. The SMILES string of the molecule is CNC[C@H]1CCCC[C@H]1N=C(N)N[C@H](OC(=O)[C@H](NCCC=O)C(=O)O)[C@@H]1O[C@H](Oc2ccc3c(=O)c(-c4ccc(O)cc4)coc3c2)[C@@H](On2cc3cc[nH]c3c2-c2cc(C)cc(C)c2)[C@@](O)([C@H](O)CCCO)[C@]1(O)CO. The van der Waals surface area contributed by atoms with Crippen LogP contribution in [0.15, 0.2) is 99.6 Å². The lowest BCUT2D eigenvalue weighted by Gasteiger charge is -2.57. The van der Waals surface area contributed by atoms with Gasteiger partial charge in [-0.25, -0.2) is 14.6 Å². The van der Waals surface area contributed by atoms with Gasteiger partial charge in [-0.3, -0.25) is 10.1 Å². The molecule has 3 aromatic carbocycles. The number of esters is 1. The van der Waals surface area contributed by atoms with Gasteiger partial charge in [0.25, 0.3) is 0 Å². The zero-order valence-electron chi connectivity index (χ0n) is 43.3. The van der Waals surface area contributed by atoms with Gasteiger partial charge in [0.2, 0.25) is 24.7 Å². The number of aliphatic carboxylic acids is 1. The molecule has 6 aromatic rings. The van der Waals surface area contributed by atoms with Gasteiger partial charge in [0.05, 0.1) is 41.4 Å². The van der Waals surface area contributed by atoms with Crippen LogP contribution in [0.1, 0.15) is 56.1 Å². The van der Waals surface area contributed by atoms with Crippen molar-refractivity contribution in [2.24, 2.45) is 16.6 Å². The molecule has 418 valence electrons. The molecule has 3 aromatic heterocycles. The number of fused-ring (bicyclic) bond motifs is 2. The van der Waals surface area contributed by atoms with Gasteiger partial charge in [0, 0.05) is 42.8 Å². The molecule has 2 aliphatic rings. The summed E-state index contributed by atoms with van der Waals surface area (Å²) in [6.45, 7) is 2.10. The number of ether oxygens (including phenoxy) is 3. The largest absolute Gasteiger partial charge is 0.508 e. The third-order valence-corrected chi connectivity index (χ3v) is 14.4. The third kappa shape index (κ3) is 11.7. The van der Waals surface area contributed by atoms with Crippen LogP contribution in [-0.2, 0) is 23.9 Å². The number of aliphatic imine (C=N–C) groups is 1. The van der Waals surface area contributed by atoms with E-state index in [0.29, 0.717) is 47.0 Å². The molecule has 0 bridgehead atoms. The molecule has 1 aliphatic heterocycles. The number of nitrogens with two attached hydrogens (primary N) is 1. The van der Waals surface area contributed by atoms with Crippen molar-refractivity contribution in [3.8, 4) is 33.9 Å². The van der Waals surface area contributed by atoms with Crippen molar-refractivity contribution in [3.63, 3.8) is 0 Å². The van der Waals surface area contributed by atoms with E-state index in [9.17, 15) is 54.9 Å². The third-order valence-electron chi connectivity index (χ3n) is 14.4. The number of carboxylic acids is 1. The molecule has 23 heteroatoms. The second-order valence-electron chi connectivity index (χ2n) is 19.9. The van der Waals surface area contributed by atoms with Gasteiger partial charge in [-0.15, -0.1) is 0 Å². The van der Waals surface area contributed by atoms with E-state index in [1.807, 2.05) is 32.0 Å². The molecule has 13 N–H and O–H groups in total. The summed E-state index contributed by atoms with van der Waals surface area (Å²) >= 11 is 0.